The van der Waals surface area contributed by atoms with Gasteiger partial charge >= 0.3 is 0 Å². The third kappa shape index (κ3) is 5.96. The lowest BCUT2D eigenvalue weighted by Gasteiger charge is -2.08. The van der Waals surface area contributed by atoms with E-state index >= 15 is 0 Å². The Kier molecular flexibility index (Phi) is 7.41. The number of nitrogens with one attached hydrogen (secondary N) is 2. The van der Waals surface area contributed by atoms with E-state index in [1.807, 2.05) is 6.07 Å². The van der Waals surface area contributed by atoms with Crippen molar-refractivity contribution in [3.8, 4) is 0 Å². The molecule has 0 unspecified atom stereocenters. The zero-order valence-electron chi connectivity index (χ0n) is 16.7. The van der Waals surface area contributed by atoms with Gasteiger partial charge in [-0.05, 0) is 42.0 Å². The standard InChI is InChI=1S/C21H15Cl4FN6S/c22-13-5-4-12(17(24)6-13)8-31-9-14(7-27-31)28-21(33)29-20-18(25)11-32(30-20)10-15-16(23)2-1-3-19(15)26/h1-7,9,11H,8,10H2,(H2,28,29,30,33). The fourth-order valence-electron chi connectivity index (χ4n) is 3.02. The van der Waals surface area contributed by atoms with Crippen LogP contribution in [0.4, 0.5) is 15.9 Å². The van der Waals surface area contributed by atoms with Crippen LogP contribution in [0.1, 0.15) is 11.1 Å². The van der Waals surface area contributed by atoms with Gasteiger partial charge in [-0.1, -0.05) is 58.5 Å². The maximum absolute atomic E-state index is 14.0. The monoisotopic (exact) mass is 542 g/mol. The van der Waals surface area contributed by atoms with E-state index in [0.717, 1.165) is 5.56 Å². The second-order valence-electron chi connectivity index (χ2n) is 6.96. The average Bonchev–Trinajstić information content (AvgIpc) is 3.33. The molecule has 4 rings (SSSR count). The van der Waals surface area contributed by atoms with Gasteiger partial charge in [0.2, 0.25) is 0 Å². The summed E-state index contributed by atoms with van der Waals surface area (Å²) in [6.07, 6.45) is 4.96. The minimum Gasteiger partial charge on any atom is -0.330 e. The molecule has 2 aromatic carbocycles. The quantitative estimate of drug-likeness (QED) is 0.264. The first-order valence-electron chi connectivity index (χ1n) is 9.48. The van der Waals surface area contributed by atoms with Crippen LogP contribution in [0.25, 0.3) is 0 Å². The molecule has 0 aliphatic heterocycles. The van der Waals surface area contributed by atoms with Gasteiger partial charge in [0.25, 0.3) is 0 Å². The number of benzene rings is 2. The molecule has 0 atom stereocenters. The van der Waals surface area contributed by atoms with Crippen molar-refractivity contribution in [2.75, 3.05) is 10.6 Å². The van der Waals surface area contributed by atoms with Gasteiger partial charge in [-0.15, -0.1) is 0 Å². The van der Waals surface area contributed by atoms with Crippen LogP contribution >= 0.6 is 58.6 Å². The van der Waals surface area contributed by atoms with E-state index in [4.69, 9.17) is 58.6 Å². The highest BCUT2D eigenvalue weighted by molar-refractivity contribution is 7.80. The summed E-state index contributed by atoms with van der Waals surface area (Å²) in [4.78, 5) is 0. The van der Waals surface area contributed by atoms with Gasteiger partial charge in [-0.25, -0.2) is 4.39 Å². The second-order valence-corrected chi connectivity index (χ2v) is 9.03. The van der Waals surface area contributed by atoms with Gasteiger partial charge in [-0.2, -0.15) is 10.2 Å². The Labute approximate surface area is 214 Å². The van der Waals surface area contributed by atoms with Crippen LogP contribution in [0.15, 0.2) is 55.0 Å². The molecule has 2 aromatic heterocycles. The van der Waals surface area contributed by atoms with Crippen LogP contribution < -0.4 is 10.6 Å². The Morgan fingerprint density at radius 1 is 0.939 bits per heavy atom. The van der Waals surface area contributed by atoms with E-state index < -0.39 is 5.82 Å². The minimum atomic E-state index is -0.419. The Balaban J connectivity index is 1.38. The van der Waals surface area contributed by atoms with Gasteiger partial charge in [0.05, 0.1) is 25.0 Å². The minimum absolute atomic E-state index is 0.118. The van der Waals surface area contributed by atoms with Gasteiger partial charge in [-0.3, -0.25) is 9.36 Å². The third-order valence-corrected chi connectivity index (χ3v) is 5.99. The summed E-state index contributed by atoms with van der Waals surface area (Å²) in [7, 11) is 0. The summed E-state index contributed by atoms with van der Waals surface area (Å²) in [6.45, 7) is 0.583. The van der Waals surface area contributed by atoms with Crippen LogP contribution in [0.3, 0.4) is 0 Å². The lowest BCUT2D eigenvalue weighted by Crippen LogP contribution is -2.19. The van der Waals surface area contributed by atoms with Crippen molar-refractivity contribution in [1.29, 1.82) is 0 Å². The topological polar surface area (TPSA) is 59.7 Å². The van der Waals surface area contributed by atoms with Crippen LogP contribution in [-0.4, -0.2) is 24.7 Å². The summed E-state index contributed by atoms with van der Waals surface area (Å²) >= 11 is 29.9. The molecule has 0 spiro atoms. The molecular weight excluding hydrogens is 529 g/mol. The van der Waals surface area contributed by atoms with E-state index in [-0.39, 0.29) is 11.7 Å². The van der Waals surface area contributed by atoms with Gasteiger partial charge in [0, 0.05) is 33.0 Å². The summed E-state index contributed by atoms with van der Waals surface area (Å²) < 4.78 is 17.2. The molecule has 0 aliphatic carbocycles. The fourth-order valence-corrected chi connectivity index (χ4v) is 4.12. The Hall–Kier alpha value is -2.36. The summed E-state index contributed by atoms with van der Waals surface area (Å²) in [5.41, 5.74) is 1.86. The molecule has 0 fully saturated rings. The van der Waals surface area contributed by atoms with Crippen LogP contribution in [0.5, 0.6) is 0 Å². The van der Waals surface area contributed by atoms with Gasteiger partial charge in [0.15, 0.2) is 10.9 Å². The highest BCUT2D eigenvalue weighted by Gasteiger charge is 2.13. The molecule has 0 amide bonds. The Bertz CT molecular complexity index is 1300. The maximum Gasteiger partial charge on any atom is 0.176 e. The number of hydrogen-bond donors (Lipinski definition) is 2. The first-order chi connectivity index (χ1) is 15.8. The van der Waals surface area contributed by atoms with E-state index in [1.54, 1.807) is 47.5 Å². The van der Waals surface area contributed by atoms with E-state index in [1.165, 1.54) is 10.7 Å². The molecule has 0 bridgehead atoms. The normalized spacial score (nSPS) is 10.9. The summed E-state index contributed by atoms with van der Waals surface area (Å²) in [5.74, 6) is -0.0975. The van der Waals surface area contributed by atoms with E-state index in [2.05, 4.69) is 20.8 Å². The SMILES string of the molecule is Fc1cccc(Cl)c1Cn1cc(Cl)c(NC(=S)Nc2cnn(Cc3ccc(Cl)cc3Cl)c2)n1. The number of anilines is 2. The number of nitrogens with zero attached hydrogens (tertiary/aromatic N) is 4. The molecule has 33 heavy (non-hydrogen) atoms. The number of hydrogen-bond acceptors (Lipinski definition) is 3. The molecule has 2 heterocycles. The molecule has 170 valence electrons. The molecule has 0 aliphatic rings. The number of thiocarbonyl (C=S) groups is 1. The smallest absolute Gasteiger partial charge is 0.176 e. The molecule has 6 nitrogen and oxygen atoms in total. The molecule has 12 heteroatoms. The maximum atomic E-state index is 14.0. The van der Waals surface area contributed by atoms with Crippen molar-refractivity contribution in [3.63, 3.8) is 0 Å². The number of halogens is 5. The number of rotatable bonds is 6. The van der Waals surface area contributed by atoms with Crippen molar-refractivity contribution >= 4 is 75.2 Å². The Morgan fingerprint density at radius 3 is 2.52 bits per heavy atom. The zero-order valence-corrected chi connectivity index (χ0v) is 20.5. The van der Waals surface area contributed by atoms with Crippen molar-refractivity contribution in [2.45, 2.75) is 13.1 Å². The largest absolute Gasteiger partial charge is 0.330 e. The summed E-state index contributed by atoms with van der Waals surface area (Å²) in [5, 5.41) is 16.6. The zero-order chi connectivity index (χ0) is 23.5. The second kappa shape index (κ2) is 10.3. The first-order valence-corrected chi connectivity index (χ1v) is 11.4. The van der Waals surface area contributed by atoms with Crippen molar-refractivity contribution in [3.05, 3.63) is 92.0 Å². The molecule has 4 aromatic rings. The lowest BCUT2D eigenvalue weighted by molar-refractivity contribution is 0.586. The predicted molar refractivity (Wildman–Crippen MR) is 135 cm³/mol. The molecule has 0 radical (unpaired) electrons. The highest BCUT2D eigenvalue weighted by Crippen LogP contribution is 2.24. The fraction of sp³-hybridized carbons (Fsp3) is 0.0952. The molecule has 0 saturated heterocycles. The molecular formula is C21H15Cl4FN6S. The van der Waals surface area contributed by atoms with Crippen LogP contribution in [0.2, 0.25) is 20.1 Å². The first kappa shape index (κ1) is 23.8. The van der Waals surface area contributed by atoms with E-state index in [0.29, 0.717) is 43.7 Å². The highest BCUT2D eigenvalue weighted by atomic mass is 35.5. The van der Waals surface area contributed by atoms with Crippen molar-refractivity contribution < 1.29 is 4.39 Å². The van der Waals surface area contributed by atoms with Gasteiger partial charge < -0.3 is 10.6 Å². The van der Waals surface area contributed by atoms with Crippen LogP contribution in [-0.2, 0) is 13.1 Å². The lowest BCUT2D eigenvalue weighted by atomic mass is 10.2. The summed E-state index contributed by atoms with van der Waals surface area (Å²) in [6, 6.07) is 9.80. The average molecular weight is 544 g/mol. The predicted octanol–water partition coefficient (Wildman–Crippen LogP) is 6.74. The van der Waals surface area contributed by atoms with E-state index in [9.17, 15) is 4.39 Å². The molecule has 0 saturated carbocycles. The van der Waals surface area contributed by atoms with Gasteiger partial charge in [0.1, 0.15) is 10.8 Å². The molecule has 2 N–H and O–H groups in total. The van der Waals surface area contributed by atoms with Crippen molar-refractivity contribution in [2.24, 2.45) is 0 Å². The third-order valence-electron chi connectivity index (χ3n) is 4.57. The van der Waals surface area contributed by atoms with Crippen molar-refractivity contribution in [1.82, 2.24) is 19.6 Å². The number of aromatic nitrogens is 4. The Morgan fingerprint density at radius 2 is 1.76 bits per heavy atom. The van der Waals surface area contributed by atoms with Crippen LogP contribution in [0, 0.1) is 5.82 Å².